The number of hydrogen-bond acceptors (Lipinski definition) is 4. The van der Waals surface area contributed by atoms with Gasteiger partial charge in [0.05, 0.1) is 22.2 Å². The van der Waals surface area contributed by atoms with Crippen LogP contribution in [0.2, 0.25) is 15.1 Å². The zero-order valence-corrected chi connectivity index (χ0v) is 23.0. The van der Waals surface area contributed by atoms with Crippen LogP contribution in [0.15, 0.2) is 95.3 Å². The van der Waals surface area contributed by atoms with Gasteiger partial charge < -0.3 is 10.1 Å². The quantitative estimate of drug-likeness (QED) is 0.309. The van der Waals surface area contributed by atoms with E-state index in [9.17, 15) is 9.59 Å². The zero-order chi connectivity index (χ0) is 26.8. The predicted molar refractivity (Wildman–Crippen MR) is 152 cm³/mol. The highest BCUT2D eigenvalue weighted by atomic mass is 35.5. The number of esters is 1. The van der Waals surface area contributed by atoms with Gasteiger partial charge in [-0.3, -0.25) is 4.79 Å². The van der Waals surface area contributed by atoms with Crippen LogP contribution in [0, 0.1) is 0 Å². The lowest BCUT2D eigenvalue weighted by molar-refractivity contribution is -0.139. The molecule has 1 aliphatic heterocycles. The maximum absolute atomic E-state index is 13.7. The van der Waals surface area contributed by atoms with Gasteiger partial charge >= 0.3 is 5.97 Å². The first-order chi connectivity index (χ1) is 18.3. The second-order valence-electron chi connectivity index (χ2n) is 9.61. The van der Waals surface area contributed by atoms with Gasteiger partial charge in [-0.25, -0.2) is 4.79 Å². The summed E-state index contributed by atoms with van der Waals surface area (Å²) >= 11 is 18.7. The van der Waals surface area contributed by atoms with E-state index in [-0.39, 0.29) is 18.3 Å². The van der Waals surface area contributed by atoms with Crippen molar-refractivity contribution < 1.29 is 14.3 Å². The highest BCUT2D eigenvalue weighted by molar-refractivity contribution is 6.42. The van der Waals surface area contributed by atoms with Gasteiger partial charge in [-0.05, 0) is 60.2 Å². The van der Waals surface area contributed by atoms with Gasteiger partial charge in [-0.2, -0.15) is 0 Å². The minimum absolute atomic E-state index is 0.00708. The molecule has 0 unspecified atom stereocenters. The van der Waals surface area contributed by atoms with E-state index in [2.05, 4.69) is 5.32 Å². The van der Waals surface area contributed by atoms with Crippen LogP contribution in [-0.4, -0.2) is 18.4 Å². The number of carbonyl (C=O) groups is 2. The molecule has 0 saturated carbocycles. The van der Waals surface area contributed by atoms with E-state index in [0.717, 1.165) is 22.4 Å². The molecule has 1 N–H and O–H groups in total. The molecule has 0 spiro atoms. The summed E-state index contributed by atoms with van der Waals surface area (Å²) in [7, 11) is 0. The number of rotatable bonds is 6. The maximum atomic E-state index is 13.7. The lowest BCUT2D eigenvalue weighted by Gasteiger charge is -2.36. The average Bonchev–Trinajstić information content (AvgIpc) is 2.90. The SMILES string of the molecule is CC1=C(C(=O)OCCc2ccccc2)[C@@H](c2ccc(Cl)c(Cl)c2)C2=C(C[C@@H](c3ccc(Cl)cc3)CC2=O)N1. The molecule has 0 aromatic heterocycles. The number of allylic oxidation sites excluding steroid dienone is 3. The normalized spacial score (nSPS) is 19.2. The van der Waals surface area contributed by atoms with Crippen molar-refractivity contribution in [1.29, 1.82) is 0 Å². The largest absolute Gasteiger partial charge is 0.462 e. The zero-order valence-electron chi connectivity index (χ0n) is 20.8. The summed E-state index contributed by atoms with van der Waals surface area (Å²) < 4.78 is 5.74. The van der Waals surface area contributed by atoms with Gasteiger partial charge in [0.2, 0.25) is 0 Å². The molecule has 1 aliphatic carbocycles. The summed E-state index contributed by atoms with van der Waals surface area (Å²) in [5.41, 5.74) is 5.32. The van der Waals surface area contributed by atoms with Gasteiger partial charge in [-0.15, -0.1) is 0 Å². The third-order valence-electron chi connectivity index (χ3n) is 7.13. The van der Waals surface area contributed by atoms with Crippen LogP contribution >= 0.6 is 34.8 Å². The van der Waals surface area contributed by atoms with E-state index < -0.39 is 11.9 Å². The van der Waals surface area contributed by atoms with Crippen molar-refractivity contribution in [3.63, 3.8) is 0 Å². The van der Waals surface area contributed by atoms with Crippen LogP contribution < -0.4 is 5.32 Å². The lowest BCUT2D eigenvalue weighted by Crippen LogP contribution is -2.36. The van der Waals surface area contributed by atoms with Gasteiger partial charge in [0, 0.05) is 40.7 Å². The Kier molecular flexibility index (Phi) is 7.94. The number of carbonyl (C=O) groups excluding carboxylic acids is 2. The van der Waals surface area contributed by atoms with Gasteiger partial charge in [0.1, 0.15) is 0 Å². The number of hydrogen-bond donors (Lipinski definition) is 1. The Labute approximate surface area is 237 Å². The van der Waals surface area contributed by atoms with Crippen LogP contribution in [0.5, 0.6) is 0 Å². The minimum atomic E-state index is -0.607. The highest BCUT2D eigenvalue weighted by Crippen LogP contribution is 2.46. The van der Waals surface area contributed by atoms with E-state index >= 15 is 0 Å². The van der Waals surface area contributed by atoms with Gasteiger partial charge in [0.25, 0.3) is 0 Å². The molecular weight excluding hydrogens is 541 g/mol. The van der Waals surface area contributed by atoms with E-state index in [0.29, 0.717) is 51.2 Å². The van der Waals surface area contributed by atoms with Crippen molar-refractivity contribution in [3.8, 4) is 0 Å². The summed E-state index contributed by atoms with van der Waals surface area (Å²) in [6.07, 6.45) is 1.56. The molecule has 3 aromatic rings. The van der Waals surface area contributed by atoms with Gasteiger partial charge in [0.15, 0.2) is 5.78 Å². The molecule has 38 heavy (non-hydrogen) atoms. The van der Waals surface area contributed by atoms with Crippen molar-refractivity contribution in [1.82, 2.24) is 5.32 Å². The number of ketones is 1. The summed E-state index contributed by atoms with van der Waals surface area (Å²) in [4.78, 5) is 27.2. The molecule has 0 fully saturated rings. The first kappa shape index (κ1) is 26.6. The summed E-state index contributed by atoms with van der Waals surface area (Å²) in [6.45, 7) is 2.07. The molecule has 194 valence electrons. The van der Waals surface area contributed by atoms with Crippen LogP contribution in [-0.2, 0) is 20.7 Å². The molecule has 7 heteroatoms. The van der Waals surface area contributed by atoms with Crippen molar-refractivity contribution >= 4 is 46.6 Å². The minimum Gasteiger partial charge on any atom is -0.462 e. The number of halogens is 3. The third-order valence-corrected chi connectivity index (χ3v) is 8.12. The Morgan fingerprint density at radius 1 is 0.921 bits per heavy atom. The average molecular weight is 567 g/mol. The van der Waals surface area contributed by atoms with Crippen LogP contribution in [0.3, 0.4) is 0 Å². The Morgan fingerprint density at radius 3 is 2.34 bits per heavy atom. The van der Waals surface area contributed by atoms with E-state index in [1.165, 1.54) is 0 Å². The molecule has 3 aromatic carbocycles. The summed E-state index contributed by atoms with van der Waals surface area (Å²) in [6, 6.07) is 22.7. The molecule has 0 bridgehead atoms. The maximum Gasteiger partial charge on any atom is 0.336 e. The van der Waals surface area contributed by atoms with Crippen LogP contribution in [0.25, 0.3) is 0 Å². The number of nitrogens with one attached hydrogen (secondary N) is 1. The van der Waals surface area contributed by atoms with Crippen molar-refractivity contribution in [2.24, 2.45) is 0 Å². The second kappa shape index (κ2) is 11.4. The van der Waals surface area contributed by atoms with E-state index in [1.807, 2.05) is 67.6 Å². The molecule has 1 heterocycles. The highest BCUT2D eigenvalue weighted by Gasteiger charge is 2.41. The molecule has 2 aliphatic rings. The smallest absolute Gasteiger partial charge is 0.336 e. The van der Waals surface area contributed by atoms with Crippen molar-refractivity contribution in [2.75, 3.05) is 6.61 Å². The first-order valence-corrected chi connectivity index (χ1v) is 13.6. The number of Topliss-reactive ketones (excluding diaryl/α,β-unsaturated/α-hetero) is 1. The number of benzene rings is 3. The lowest BCUT2D eigenvalue weighted by atomic mass is 9.72. The fourth-order valence-corrected chi connectivity index (χ4v) is 5.72. The fourth-order valence-electron chi connectivity index (χ4n) is 5.29. The molecular formula is C31H26Cl3NO3. The predicted octanol–water partition coefficient (Wildman–Crippen LogP) is 7.79. The number of ether oxygens (including phenoxy) is 1. The molecule has 0 radical (unpaired) electrons. The molecule has 4 nitrogen and oxygen atoms in total. The molecule has 5 rings (SSSR count). The molecule has 0 saturated heterocycles. The van der Waals surface area contributed by atoms with Gasteiger partial charge in [-0.1, -0.05) is 83.3 Å². The Morgan fingerprint density at radius 2 is 1.63 bits per heavy atom. The standard InChI is InChI=1S/C31H26Cl3NO3/c1-18-28(31(37)38-14-13-19-5-3-2-4-6-19)29(21-9-12-24(33)25(34)15-21)30-26(35-18)16-22(17-27(30)36)20-7-10-23(32)11-8-20/h2-12,15,22,29,35H,13-14,16-17H2,1H3/t22-,29-/m1/s1. The van der Waals surface area contributed by atoms with Crippen LogP contribution in [0.1, 0.15) is 48.3 Å². The van der Waals surface area contributed by atoms with Crippen LogP contribution in [0.4, 0.5) is 0 Å². The molecule has 0 amide bonds. The van der Waals surface area contributed by atoms with E-state index in [1.54, 1.807) is 12.1 Å². The summed E-state index contributed by atoms with van der Waals surface area (Å²) in [5.74, 6) is -1.07. The number of dihydropyridines is 1. The van der Waals surface area contributed by atoms with Crippen molar-refractivity contribution in [2.45, 2.75) is 38.0 Å². The Balaban J connectivity index is 1.48. The Hall–Kier alpha value is -3.05. The topological polar surface area (TPSA) is 55.4 Å². The second-order valence-corrected chi connectivity index (χ2v) is 10.9. The monoisotopic (exact) mass is 565 g/mol. The first-order valence-electron chi connectivity index (χ1n) is 12.5. The van der Waals surface area contributed by atoms with Crippen molar-refractivity contribution in [3.05, 3.63) is 127 Å². The third kappa shape index (κ3) is 5.54. The Bertz CT molecular complexity index is 1440. The summed E-state index contributed by atoms with van der Waals surface area (Å²) in [5, 5.41) is 4.80. The fraction of sp³-hybridized carbons (Fsp3) is 0.226. The molecule has 2 atom stereocenters. The van der Waals surface area contributed by atoms with E-state index in [4.69, 9.17) is 39.5 Å².